The zero-order valence-corrected chi connectivity index (χ0v) is 8.41. The topological polar surface area (TPSA) is 79.8 Å². The minimum absolute atomic E-state index is 0.0670. The van der Waals surface area contributed by atoms with Crippen LogP contribution in [0.5, 0.6) is 0 Å². The van der Waals surface area contributed by atoms with Gasteiger partial charge in [-0.2, -0.15) is 5.26 Å². The van der Waals surface area contributed by atoms with Crippen molar-refractivity contribution in [2.45, 2.75) is 12.3 Å². The summed E-state index contributed by atoms with van der Waals surface area (Å²) in [6, 6.07) is 2.24. The van der Waals surface area contributed by atoms with E-state index >= 15 is 0 Å². The number of pyridine rings is 1. The zero-order chi connectivity index (χ0) is 12.3. The Labute approximate surface area is 93.4 Å². The maximum Gasteiger partial charge on any atom is 0.382 e. The molecular weight excluding hydrogens is 244 g/mol. The summed E-state index contributed by atoms with van der Waals surface area (Å²) in [5, 5.41) is 19.1. The van der Waals surface area contributed by atoms with Crippen molar-refractivity contribution in [1.82, 2.24) is 4.98 Å². The van der Waals surface area contributed by atoms with E-state index in [0.29, 0.717) is 0 Å². The highest BCUT2D eigenvalue weighted by molar-refractivity contribution is 6.16. The molecule has 0 fully saturated rings. The van der Waals surface area contributed by atoms with Gasteiger partial charge in [0.05, 0.1) is 5.88 Å². The first kappa shape index (κ1) is 12.3. The monoisotopic (exact) mass is 247 g/mol. The summed E-state index contributed by atoms with van der Waals surface area (Å²) < 4.78 is 25.1. The third-order valence-corrected chi connectivity index (χ3v) is 2.01. The number of hydrogen-bond donors (Lipinski definition) is 0. The van der Waals surface area contributed by atoms with Gasteiger partial charge in [-0.3, -0.25) is 0 Å². The van der Waals surface area contributed by atoms with Crippen LogP contribution in [0.2, 0.25) is 0 Å². The van der Waals surface area contributed by atoms with Gasteiger partial charge >= 0.3 is 5.82 Å². The van der Waals surface area contributed by atoms with E-state index in [9.17, 15) is 18.9 Å². The van der Waals surface area contributed by atoms with Crippen molar-refractivity contribution in [2.75, 3.05) is 0 Å². The fourth-order valence-electron chi connectivity index (χ4n) is 1.09. The van der Waals surface area contributed by atoms with Gasteiger partial charge in [0.15, 0.2) is 11.3 Å². The molecule has 0 aromatic carbocycles. The molecule has 0 saturated heterocycles. The molecule has 8 heteroatoms. The number of alkyl halides is 3. The predicted molar refractivity (Wildman–Crippen MR) is 50.1 cm³/mol. The first-order valence-corrected chi connectivity index (χ1v) is 4.47. The smallest absolute Gasteiger partial charge is 0.358 e. The Kier molecular flexibility index (Phi) is 3.68. The van der Waals surface area contributed by atoms with E-state index in [2.05, 4.69) is 4.98 Å². The van der Waals surface area contributed by atoms with Crippen molar-refractivity contribution in [3.8, 4) is 6.07 Å². The highest BCUT2D eigenvalue weighted by atomic mass is 35.5. The lowest BCUT2D eigenvalue weighted by atomic mass is 10.1. The van der Waals surface area contributed by atoms with E-state index < -0.39 is 28.3 Å². The lowest BCUT2D eigenvalue weighted by Crippen LogP contribution is -2.03. The summed E-state index contributed by atoms with van der Waals surface area (Å²) >= 11 is 5.36. The van der Waals surface area contributed by atoms with Crippen LogP contribution in [0.3, 0.4) is 0 Å². The number of aromatic nitrogens is 1. The maximum absolute atomic E-state index is 12.5. The van der Waals surface area contributed by atoms with Crippen LogP contribution >= 0.6 is 11.6 Å². The standard InChI is InChI=1S/C8H4ClF2N3O2/c9-2-4-1-5(7(10)11)6(3-12)8(13-4)14(15)16/h1,7H,2H2. The van der Waals surface area contributed by atoms with E-state index in [4.69, 9.17) is 16.9 Å². The van der Waals surface area contributed by atoms with E-state index in [1.807, 2.05) is 0 Å². The van der Waals surface area contributed by atoms with Crippen LogP contribution in [-0.2, 0) is 5.88 Å². The first-order valence-electron chi connectivity index (χ1n) is 3.93. The fourth-order valence-corrected chi connectivity index (χ4v) is 1.23. The molecule has 0 aliphatic rings. The largest absolute Gasteiger partial charge is 0.382 e. The molecule has 0 aliphatic heterocycles. The molecule has 0 radical (unpaired) electrons. The molecule has 1 aromatic heterocycles. The number of nitriles is 1. The van der Waals surface area contributed by atoms with Crippen LogP contribution in [0.4, 0.5) is 14.6 Å². The molecule has 84 valence electrons. The molecule has 1 rings (SSSR count). The number of halogens is 3. The average molecular weight is 248 g/mol. The van der Waals surface area contributed by atoms with Gasteiger partial charge in [0, 0.05) is 5.56 Å². The minimum atomic E-state index is -2.99. The molecule has 16 heavy (non-hydrogen) atoms. The second kappa shape index (κ2) is 4.81. The van der Waals surface area contributed by atoms with Gasteiger partial charge in [0.2, 0.25) is 0 Å². The summed E-state index contributed by atoms with van der Waals surface area (Å²) in [5.41, 5.74) is -1.52. The van der Waals surface area contributed by atoms with Gasteiger partial charge in [0.1, 0.15) is 6.07 Å². The quantitative estimate of drug-likeness (QED) is 0.467. The third kappa shape index (κ3) is 2.23. The summed E-state index contributed by atoms with van der Waals surface area (Å²) in [5.74, 6) is -1.14. The van der Waals surface area contributed by atoms with Gasteiger partial charge in [-0.1, -0.05) is 0 Å². The van der Waals surface area contributed by atoms with Gasteiger partial charge in [-0.25, -0.2) is 8.78 Å². The van der Waals surface area contributed by atoms with Crippen LogP contribution < -0.4 is 0 Å². The third-order valence-electron chi connectivity index (χ3n) is 1.74. The normalized spacial score (nSPS) is 10.2. The second-order valence-electron chi connectivity index (χ2n) is 2.70. The summed E-state index contributed by atoms with van der Waals surface area (Å²) in [6.07, 6.45) is -2.99. The first-order chi connectivity index (χ1) is 7.51. The van der Waals surface area contributed by atoms with Crippen LogP contribution in [0.25, 0.3) is 0 Å². The molecule has 1 heterocycles. The highest BCUT2D eigenvalue weighted by Gasteiger charge is 2.26. The van der Waals surface area contributed by atoms with Gasteiger partial charge in [0.25, 0.3) is 6.43 Å². The van der Waals surface area contributed by atoms with E-state index in [1.54, 1.807) is 0 Å². The van der Waals surface area contributed by atoms with Crippen molar-refractivity contribution in [1.29, 1.82) is 5.26 Å². The van der Waals surface area contributed by atoms with Crippen LogP contribution in [0.15, 0.2) is 6.07 Å². The van der Waals surface area contributed by atoms with E-state index in [0.717, 1.165) is 6.07 Å². The number of hydrogen-bond acceptors (Lipinski definition) is 4. The predicted octanol–water partition coefficient (Wildman–Crippen LogP) is 2.54. The molecular formula is C8H4ClF2N3O2. The van der Waals surface area contributed by atoms with Crippen LogP contribution in [0.1, 0.15) is 23.2 Å². The van der Waals surface area contributed by atoms with Crippen molar-refractivity contribution >= 4 is 17.4 Å². The Hall–Kier alpha value is -1.81. The molecule has 0 aliphatic carbocycles. The Morgan fingerprint density at radius 1 is 1.69 bits per heavy atom. The number of nitrogens with zero attached hydrogens (tertiary/aromatic N) is 3. The summed E-state index contributed by atoms with van der Waals surface area (Å²) in [7, 11) is 0. The summed E-state index contributed by atoms with van der Waals surface area (Å²) in [6.45, 7) is 0. The van der Waals surface area contributed by atoms with Gasteiger partial charge < -0.3 is 10.1 Å². The Bertz CT molecular complexity index is 473. The maximum atomic E-state index is 12.5. The molecule has 0 spiro atoms. The minimum Gasteiger partial charge on any atom is -0.358 e. The molecule has 0 atom stereocenters. The SMILES string of the molecule is N#Cc1c(C(F)F)cc(CCl)nc1[N+](=O)[O-]. The molecule has 0 amide bonds. The van der Waals surface area contributed by atoms with Crippen molar-refractivity contribution < 1.29 is 13.7 Å². The molecule has 5 nitrogen and oxygen atoms in total. The van der Waals surface area contributed by atoms with Gasteiger partial charge in [-0.05, 0) is 16.0 Å². The van der Waals surface area contributed by atoms with Crippen LogP contribution in [-0.4, -0.2) is 9.91 Å². The second-order valence-corrected chi connectivity index (χ2v) is 2.97. The van der Waals surface area contributed by atoms with Crippen LogP contribution in [0, 0.1) is 21.4 Å². The number of nitro groups is 1. The lowest BCUT2D eigenvalue weighted by Gasteiger charge is -2.03. The Balaban J connectivity index is 3.54. The Morgan fingerprint density at radius 3 is 2.69 bits per heavy atom. The zero-order valence-electron chi connectivity index (χ0n) is 7.65. The highest BCUT2D eigenvalue weighted by Crippen LogP contribution is 2.29. The van der Waals surface area contributed by atoms with Crippen molar-refractivity contribution in [3.63, 3.8) is 0 Å². The van der Waals surface area contributed by atoms with E-state index in [1.165, 1.54) is 6.07 Å². The average Bonchev–Trinajstić information content (AvgIpc) is 2.26. The molecule has 0 unspecified atom stereocenters. The number of rotatable bonds is 3. The molecule has 0 bridgehead atoms. The Morgan fingerprint density at radius 2 is 2.31 bits per heavy atom. The summed E-state index contributed by atoms with van der Waals surface area (Å²) in [4.78, 5) is 13.0. The fraction of sp³-hybridized carbons (Fsp3) is 0.250. The molecule has 0 N–H and O–H groups in total. The van der Waals surface area contributed by atoms with Crippen molar-refractivity contribution in [3.05, 3.63) is 33.0 Å². The van der Waals surface area contributed by atoms with E-state index in [-0.39, 0.29) is 11.6 Å². The van der Waals surface area contributed by atoms with Gasteiger partial charge in [-0.15, -0.1) is 11.6 Å². The lowest BCUT2D eigenvalue weighted by molar-refractivity contribution is -0.390. The molecule has 0 saturated carbocycles. The van der Waals surface area contributed by atoms with Crippen molar-refractivity contribution in [2.24, 2.45) is 0 Å². The molecule has 1 aromatic rings.